The van der Waals surface area contributed by atoms with E-state index in [9.17, 15) is 5.11 Å². The molecule has 1 aromatic carbocycles. The zero-order valence-electron chi connectivity index (χ0n) is 10.9. The number of hydrogen-bond donors (Lipinski definition) is 1. The average Bonchev–Trinajstić information content (AvgIpc) is 2.82. The Labute approximate surface area is 116 Å². The van der Waals surface area contributed by atoms with E-state index in [4.69, 9.17) is 4.74 Å². The van der Waals surface area contributed by atoms with E-state index in [1.54, 1.807) is 0 Å². The number of ether oxygens (including phenoxy) is 1. The zero-order chi connectivity index (χ0) is 12.8. The Balaban J connectivity index is 1.96. The van der Waals surface area contributed by atoms with Gasteiger partial charge in [-0.3, -0.25) is 0 Å². The molecule has 3 heteroatoms. The summed E-state index contributed by atoms with van der Waals surface area (Å²) in [5.41, 5.74) is 0. The maximum atomic E-state index is 9.62. The molecule has 1 aliphatic rings. The van der Waals surface area contributed by atoms with Crippen LogP contribution in [0.15, 0.2) is 30.3 Å². The summed E-state index contributed by atoms with van der Waals surface area (Å²) < 4.78 is 7.20. The van der Waals surface area contributed by atoms with E-state index in [-0.39, 0.29) is 12.2 Å². The van der Waals surface area contributed by atoms with Crippen molar-refractivity contribution in [3.63, 3.8) is 0 Å². The third-order valence-electron chi connectivity index (χ3n) is 3.29. The Morgan fingerprint density at radius 3 is 2.78 bits per heavy atom. The van der Waals surface area contributed by atoms with Crippen molar-refractivity contribution in [2.75, 3.05) is 6.61 Å². The van der Waals surface area contributed by atoms with Crippen LogP contribution in [0.3, 0.4) is 0 Å². The Morgan fingerprint density at radius 1 is 1.39 bits per heavy atom. The van der Waals surface area contributed by atoms with Crippen molar-refractivity contribution in [2.45, 2.75) is 49.6 Å². The molecule has 1 heterocycles. The molecular weight excluding hydrogens is 291 g/mol. The minimum absolute atomic E-state index is 0.245. The number of benzene rings is 1. The molecule has 0 unspecified atom stereocenters. The van der Waals surface area contributed by atoms with Crippen LogP contribution in [0, 0.1) is 0 Å². The molecule has 1 saturated heterocycles. The van der Waals surface area contributed by atoms with Crippen molar-refractivity contribution in [1.29, 1.82) is 0 Å². The minimum atomic E-state index is -0.245. The monoisotopic (exact) mass is 314 g/mol. The van der Waals surface area contributed by atoms with Crippen LogP contribution in [-0.4, -0.2) is 38.9 Å². The van der Waals surface area contributed by atoms with Crippen molar-refractivity contribution in [2.24, 2.45) is 0 Å². The number of aliphatic hydroxyl groups excluding tert-OH is 1. The first-order valence-electron chi connectivity index (χ1n) is 6.81. The summed E-state index contributed by atoms with van der Waals surface area (Å²) in [6, 6.07) is 10.7. The summed E-state index contributed by atoms with van der Waals surface area (Å²) in [7, 11) is 0. The SMILES string of the molecule is CCCC[C@H]([Se]c1ccccc1)[C@@H]1C[C@H](O)CO1. The first-order valence-corrected chi connectivity index (χ1v) is 8.65. The second-order valence-corrected chi connectivity index (χ2v) is 7.63. The molecule has 1 aromatic rings. The van der Waals surface area contributed by atoms with Gasteiger partial charge in [0.05, 0.1) is 0 Å². The van der Waals surface area contributed by atoms with Crippen LogP contribution in [0.5, 0.6) is 0 Å². The van der Waals surface area contributed by atoms with E-state index in [2.05, 4.69) is 37.3 Å². The first kappa shape index (κ1) is 14.1. The summed E-state index contributed by atoms with van der Waals surface area (Å²) >= 11 is 0.450. The van der Waals surface area contributed by atoms with Gasteiger partial charge in [-0.15, -0.1) is 0 Å². The Morgan fingerprint density at radius 2 is 2.17 bits per heavy atom. The van der Waals surface area contributed by atoms with Crippen molar-refractivity contribution >= 4 is 19.4 Å². The molecule has 0 bridgehead atoms. The molecule has 1 N–H and O–H groups in total. The van der Waals surface area contributed by atoms with Crippen LogP contribution in [0.2, 0.25) is 4.82 Å². The van der Waals surface area contributed by atoms with Crippen molar-refractivity contribution in [3.8, 4) is 0 Å². The molecule has 0 aliphatic carbocycles. The summed E-state index contributed by atoms with van der Waals surface area (Å²) in [4.78, 5) is 0.608. The third kappa shape index (κ3) is 4.10. The van der Waals surface area contributed by atoms with E-state index in [0.717, 1.165) is 6.42 Å². The average molecular weight is 313 g/mol. The number of hydrogen-bond acceptors (Lipinski definition) is 2. The Kier molecular flexibility index (Phi) is 5.71. The fourth-order valence-corrected chi connectivity index (χ4v) is 5.00. The summed E-state index contributed by atoms with van der Waals surface area (Å²) in [5, 5.41) is 9.62. The van der Waals surface area contributed by atoms with Gasteiger partial charge in [0.15, 0.2) is 0 Å². The predicted molar refractivity (Wildman–Crippen MR) is 75.5 cm³/mol. The molecular formula is C15H22O2Se. The standard InChI is InChI=1S/C15H22O2Se/c1-2-3-9-15(14-10-12(16)11-17-14)18-13-7-5-4-6-8-13/h4-8,12,14-16H,2-3,9-11H2,1H3/t12-,14-,15-/m0/s1. The molecule has 0 radical (unpaired) electrons. The molecule has 0 aromatic heterocycles. The molecule has 0 spiro atoms. The van der Waals surface area contributed by atoms with Crippen LogP contribution in [0.4, 0.5) is 0 Å². The van der Waals surface area contributed by atoms with Gasteiger partial charge in [-0.05, 0) is 0 Å². The summed E-state index contributed by atoms with van der Waals surface area (Å²) in [6.45, 7) is 2.76. The predicted octanol–water partition coefficient (Wildman–Crippen LogP) is 2.14. The molecule has 1 aliphatic heterocycles. The molecule has 1 fully saturated rings. The van der Waals surface area contributed by atoms with Gasteiger partial charge in [0.1, 0.15) is 0 Å². The second-order valence-electron chi connectivity index (χ2n) is 4.87. The third-order valence-corrected chi connectivity index (χ3v) is 6.20. The van der Waals surface area contributed by atoms with E-state index in [1.165, 1.54) is 23.7 Å². The normalized spacial score (nSPS) is 25.2. The van der Waals surface area contributed by atoms with Gasteiger partial charge in [0, 0.05) is 0 Å². The van der Waals surface area contributed by atoms with Gasteiger partial charge in [-0.1, -0.05) is 0 Å². The fourth-order valence-electron chi connectivity index (χ4n) is 2.30. The molecule has 0 saturated carbocycles. The Hall–Kier alpha value is -0.341. The van der Waals surface area contributed by atoms with Gasteiger partial charge in [0.2, 0.25) is 0 Å². The van der Waals surface area contributed by atoms with Crippen LogP contribution < -0.4 is 4.46 Å². The van der Waals surface area contributed by atoms with Gasteiger partial charge >= 0.3 is 116 Å². The Bertz CT molecular complexity index is 342. The topological polar surface area (TPSA) is 29.5 Å². The van der Waals surface area contributed by atoms with E-state index < -0.39 is 0 Å². The van der Waals surface area contributed by atoms with Gasteiger partial charge in [0.25, 0.3) is 0 Å². The van der Waals surface area contributed by atoms with E-state index >= 15 is 0 Å². The van der Waals surface area contributed by atoms with Crippen LogP contribution in [0.1, 0.15) is 32.6 Å². The maximum absolute atomic E-state index is 9.62. The summed E-state index contributed by atoms with van der Waals surface area (Å²) in [6.07, 6.45) is 4.56. The van der Waals surface area contributed by atoms with Crippen LogP contribution >= 0.6 is 0 Å². The molecule has 3 atom stereocenters. The van der Waals surface area contributed by atoms with Gasteiger partial charge in [-0.2, -0.15) is 0 Å². The number of unbranched alkanes of at least 4 members (excludes halogenated alkanes) is 1. The molecule has 18 heavy (non-hydrogen) atoms. The van der Waals surface area contributed by atoms with Crippen molar-refractivity contribution in [1.82, 2.24) is 0 Å². The number of rotatable bonds is 6. The van der Waals surface area contributed by atoms with Crippen LogP contribution in [-0.2, 0) is 4.74 Å². The van der Waals surface area contributed by atoms with Crippen molar-refractivity contribution < 1.29 is 9.84 Å². The molecule has 0 amide bonds. The van der Waals surface area contributed by atoms with Gasteiger partial charge in [-0.25, -0.2) is 0 Å². The molecule has 2 rings (SSSR count). The second kappa shape index (κ2) is 7.30. The quantitative estimate of drug-likeness (QED) is 0.816. The van der Waals surface area contributed by atoms with Crippen molar-refractivity contribution in [3.05, 3.63) is 30.3 Å². The summed E-state index contributed by atoms with van der Waals surface area (Å²) in [5.74, 6) is 0. The molecule has 100 valence electrons. The van der Waals surface area contributed by atoms with E-state index in [0.29, 0.717) is 26.4 Å². The zero-order valence-corrected chi connectivity index (χ0v) is 12.6. The first-order chi connectivity index (χ1) is 8.79. The fraction of sp³-hybridized carbons (Fsp3) is 0.600. The van der Waals surface area contributed by atoms with Gasteiger partial charge < -0.3 is 0 Å². The van der Waals surface area contributed by atoms with Crippen LogP contribution in [0.25, 0.3) is 0 Å². The number of aliphatic hydroxyl groups is 1. The molecule has 2 nitrogen and oxygen atoms in total. The van der Waals surface area contributed by atoms with E-state index in [1.807, 2.05) is 0 Å².